The lowest BCUT2D eigenvalue weighted by molar-refractivity contribution is -0.200. The number of ether oxygens (including phenoxy) is 1. The molecule has 0 radical (unpaired) electrons. The average Bonchev–Trinajstić information content (AvgIpc) is 2.55. The molecule has 2 heteroatoms. The Labute approximate surface area is 103 Å². The first-order chi connectivity index (χ1) is 7.88. The molecular weight excluding hydrogens is 212 g/mol. The smallest absolute Gasteiger partial charge is 0.138 e. The predicted molar refractivity (Wildman–Crippen MR) is 66.7 cm³/mol. The largest absolute Gasteiger partial charge is 0.373 e. The third kappa shape index (κ3) is 1.22. The molecule has 0 aromatic rings. The van der Waals surface area contributed by atoms with E-state index < -0.39 is 0 Å². The van der Waals surface area contributed by atoms with Crippen molar-refractivity contribution >= 4 is 5.78 Å². The summed E-state index contributed by atoms with van der Waals surface area (Å²) in [5.74, 6) is 0.463. The highest BCUT2D eigenvalue weighted by Crippen LogP contribution is 2.63. The number of hydrogen-bond acceptors (Lipinski definition) is 2. The van der Waals surface area contributed by atoms with E-state index in [9.17, 15) is 4.79 Å². The van der Waals surface area contributed by atoms with Crippen molar-refractivity contribution < 1.29 is 9.53 Å². The minimum absolute atomic E-state index is 0.0132. The van der Waals surface area contributed by atoms with Gasteiger partial charge in [-0.05, 0) is 24.7 Å². The van der Waals surface area contributed by atoms with Gasteiger partial charge < -0.3 is 4.74 Å². The second-order valence-electron chi connectivity index (χ2n) is 6.70. The summed E-state index contributed by atoms with van der Waals surface area (Å²) < 4.78 is 6.22. The summed E-state index contributed by atoms with van der Waals surface area (Å²) in [7, 11) is 0. The van der Waals surface area contributed by atoms with E-state index in [4.69, 9.17) is 4.74 Å². The monoisotopic (exact) mass is 234 g/mol. The van der Waals surface area contributed by atoms with Crippen LogP contribution in [0.3, 0.4) is 0 Å². The molecule has 1 aliphatic heterocycles. The SMILES string of the molecule is C=C1CCC2OC3CC(C)(CC(=O)C3C)C12C. The molecular formula is C15H22O2. The molecule has 2 bridgehead atoms. The van der Waals surface area contributed by atoms with E-state index in [0.29, 0.717) is 12.2 Å². The molecule has 2 nitrogen and oxygen atoms in total. The van der Waals surface area contributed by atoms with Crippen LogP contribution in [-0.4, -0.2) is 18.0 Å². The van der Waals surface area contributed by atoms with Gasteiger partial charge in [-0.25, -0.2) is 0 Å². The van der Waals surface area contributed by atoms with Gasteiger partial charge in [0, 0.05) is 17.8 Å². The minimum Gasteiger partial charge on any atom is -0.373 e. The van der Waals surface area contributed by atoms with Crippen molar-refractivity contribution in [3.8, 4) is 0 Å². The number of carbonyl (C=O) groups excluding carboxylic acids is 1. The molecule has 17 heavy (non-hydrogen) atoms. The van der Waals surface area contributed by atoms with E-state index in [1.807, 2.05) is 6.92 Å². The van der Waals surface area contributed by atoms with E-state index in [0.717, 1.165) is 19.3 Å². The van der Waals surface area contributed by atoms with Crippen molar-refractivity contribution in [2.45, 2.75) is 58.7 Å². The Hall–Kier alpha value is -0.630. The molecule has 1 heterocycles. The summed E-state index contributed by atoms with van der Waals surface area (Å²) in [4.78, 5) is 12.1. The number of rotatable bonds is 0. The molecule has 0 amide bonds. The van der Waals surface area contributed by atoms with Crippen LogP contribution in [-0.2, 0) is 9.53 Å². The number of Topliss-reactive ketones (excluding diaryl/α,β-unsaturated/α-hetero) is 1. The second kappa shape index (κ2) is 3.23. The van der Waals surface area contributed by atoms with Crippen molar-refractivity contribution in [1.29, 1.82) is 0 Å². The van der Waals surface area contributed by atoms with Crippen LogP contribution in [0.1, 0.15) is 46.5 Å². The average molecular weight is 234 g/mol. The lowest BCUT2D eigenvalue weighted by Crippen LogP contribution is -2.59. The minimum atomic E-state index is 0.0132. The Bertz CT molecular complexity index is 400. The molecule has 3 fully saturated rings. The molecule has 5 atom stereocenters. The zero-order valence-electron chi connectivity index (χ0n) is 11.1. The van der Waals surface area contributed by atoms with Crippen LogP contribution >= 0.6 is 0 Å². The van der Waals surface area contributed by atoms with Crippen LogP contribution in [0.15, 0.2) is 12.2 Å². The topological polar surface area (TPSA) is 26.3 Å². The summed E-state index contributed by atoms with van der Waals surface area (Å²) in [6, 6.07) is 0. The maximum Gasteiger partial charge on any atom is 0.138 e. The zero-order chi connectivity index (χ0) is 12.4. The van der Waals surface area contributed by atoms with Crippen molar-refractivity contribution in [1.82, 2.24) is 0 Å². The standard InChI is InChI=1S/C15H22O2/c1-9-5-6-13-15(9,4)14(3)7-11(16)10(2)12(8-14)17-13/h10,12-13H,1,5-8H2,2-4H3. The van der Waals surface area contributed by atoms with Crippen molar-refractivity contribution in [3.63, 3.8) is 0 Å². The van der Waals surface area contributed by atoms with Gasteiger partial charge in [0.1, 0.15) is 5.78 Å². The first-order valence-corrected chi connectivity index (χ1v) is 6.75. The first kappa shape index (κ1) is 11.5. The molecule has 0 N–H and O–H groups in total. The summed E-state index contributed by atoms with van der Waals surface area (Å²) in [5, 5.41) is 0. The van der Waals surface area contributed by atoms with Crippen LogP contribution in [0.5, 0.6) is 0 Å². The highest BCUT2D eigenvalue weighted by molar-refractivity contribution is 5.83. The van der Waals surface area contributed by atoms with E-state index >= 15 is 0 Å². The fourth-order valence-electron chi connectivity index (χ4n) is 4.32. The number of fused-ring (bicyclic) bond motifs is 4. The normalized spacial score (nSPS) is 53.7. The second-order valence-corrected chi connectivity index (χ2v) is 6.70. The van der Waals surface area contributed by atoms with Crippen molar-refractivity contribution in [2.75, 3.05) is 0 Å². The summed E-state index contributed by atoms with van der Waals surface area (Å²) in [5.41, 5.74) is 1.38. The van der Waals surface area contributed by atoms with Crippen LogP contribution < -0.4 is 0 Å². The van der Waals surface area contributed by atoms with E-state index in [1.165, 1.54) is 5.57 Å². The third-order valence-corrected chi connectivity index (χ3v) is 5.96. The molecule has 1 saturated heterocycles. The number of hydrogen-bond donors (Lipinski definition) is 0. The van der Waals surface area contributed by atoms with E-state index in [2.05, 4.69) is 20.4 Å². The van der Waals surface area contributed by atoms with Gasteiger partial charge in [-0.15, -0.1) is 0 Å². The molecule has 3 rings (SSSR count). The highest BCUT2D eigenvalue weighted by Gasteiger charge is 2.62. The fraction of sp³-hybridized carbons (Fsp3) is 0.800. The van der Waals surface area contributed by atoms with Gasteiger partial charge in [-0.1, -0.05) is 32.9 Å². The summed E-state index contributed by atoms with van der Waals surface area (Å²) in [6.07, 6.45) is 4.31. The molecule has 3 aliphatic rings. The first-order valence-electron chi connectivity index (χ1n) is 6.75. The molecule has 0 spiro atoms. The van der Waals surface area contributed by atoms with Gasteiger partial charge in [0.25, 0.3) is 0 Å². The molecule has 0 aromatic carbocycles. The van der Waals surface area contributed by atoms with Crippen LogP contribution in [0.25, 0.3) is 0 Å². The molecule has 94 valence electrons. The van der Waals surface area contributed by atoms with Crippen molar-refractivity contribution in [3.05, 3.63) is 12.2 Å². The van der Waals surface area contributed by atoms with E-state index in [-0.39, 0.29) is 29.0 Å². The fourth-order valence-corrected chi connectivity index (χ4v) is 4.32. The van der Waals surface area contributed by atoms with Gasteiger partial charge in [0.05, 0.1) is 12.2 Å². The van der Waals surface area contributed by atoms with Gasteiger partial charge >= 0.3 is 0 Å². The van der Waals surface area contributed by atoms with Crippen LogP contribution in [0.2, 0.25) is 0 Å². The summed E-state index contributed by atoms with van der Waals surface area (Å²) >= 11 is 0. The quantitative estimate of drug-likeness (QED) is 0.602. The molecule has 0 aromatic heterocycles. The molecule has 5 unspecified atom stereocenters. The number of ketones is 1. The Kier molecular flexibility index (Phi) is 2.17. The Balaban J connectivity index is 2.06. The predicted octanol–water partition coefficient (Wildman–Crippen LogP) is 3.12. The molecule has 2 saturated carbocycles. The van der Waals surface area contributed by atoms with Gasteiger partial charge in [0.2, 0.25) is 0 Å². The van der Waals surface area contributed by atoms with E-state index in [1.54, 1.807) is 0 Å². The van der Waals surface area contributed by atoms with Crippen molar-refractivity contribution in [2.24, 2.45) is 16.7 Å². The molecule has 2 aliphatic carbocycles. The highest BCUT2D eigenvalue weighted by atomic mass is 16.5. The maximum atomic E-state index is 12.1. The lowest BCUT2D eigenvalue weighted by atomic mass is 9.52. The third-order valence-electron chi connectivity index (χ3n) is 5.96. The Morgan fingerprint density at radius 1 is 1.41 bits per heavy atom. The van der Waals surface area contributed by atoms with Gasteiger partial charge in [-0.3, -0.25) is 4.79 Å². The van der Waals surface area contributed by atoms with Crippen LogP contribution in [0, 0.1) is 16.7 Å². The Morgan fingerprint density at radius 3 is 2.82 bits per heavy atom. The van der Waals surface area contributed by atoms with Gasteiger partial charge in [-0.2, -0.15) is 0 Å². The zero-order valence-corrected chi connectivity index (χ0v) is 11.1. The summed E-state index contributed by atoms with van der Waals surface area (Å²) in [6.45, 7) is 10.8. The number of carbonyl (C=O) groups is 1. The lowest BCUT2D eigenvalue weighted by Gasteiger charge is -2.58. The van der Waals surface area contributed by atoms with Gasteiger partial charge in [0.15, 0.2) is 0 Å². The Morgan fingerprint density at radius 2 is 2.12 bits per heavy atom. The van der Waals surface area contributed by atoms with Crippen LogP contribution in [0.4, 0.5) is 0 Å². The maximum absolute atomic E-state index is 12.1.